The third-order valence-electron chi connectivity index (χ3n) is 5.92. The molecule has 0 amide bonds. The van der Waals surface area contributed by atoms with Gasteiger partial charge in [-0.3, -0.25) is 0 Å². The maximum atomic E-state index is 13.9. The average molecular weight is 569 g/mol. The minimum atomic E-state index is -7.85. The number of hydrogen-bond donors (Lipinski definition) is 0. The molecule has 0 aromatic carbocycles. The van der Waals surface area contributed by atoms with Gasteiger partial charge in [-0.1, -0.05) is 45.4 Å². The third-order valence-corrected chi connectivity index (χ3v) is 5.92. The number of hydrogen-bond acceptors (Lipinski definition) is 0. The van der Waals surface area contributed by atoms with Crippen molar-refractivity contribution in [3.8, 4) is 0 Å². The first-order chi connectivity index (χ1) is 16.8. The van der Waals surface area contributed by atoms with E-state index in [2.05, 4.69) is 6.92 Å². The number of imidazole rings is 1. The molecule has 1 aromatic heterocycles. The number of unbranched alkanes of at least 4 members (excludes halogenated alkanes) is 7. The van der Waals surface area contributed by atoms with E-state index in [1.807, 2.05) is 0 Å². The van der Waals surface area contributed by atoms with Gasteiger partial charge in [0, 0.05) is 6.42 Å². The summed E-state index contributed by atoms with van der Waals surface area (Å²) in [5.41, 5.74) is 0. The van der Waals surface area contributed by atoms with Crippen LogP contribution in [0.5, 0.6) is 0 Å². The first-order valence-corrected chi connectivity index (χ1v) is 11.8. The number of alkyl halides is 13. The van der Waals surface area contributed by atoms with Gasteiger partial charge >= 0.3 is 35.8 Å². The quantitative estimate of drug-likeness (QED) is 0.101. The summed E-state index contributed by atoms with van der Waals surface area (Å²) in [7, 11) is 0. The van der Waals surface area contributed by atoms with Crippen LogP contribution >= 0.6 is 0 Å². The van der Waals surface area contributed by atoms with Gasteiger partial charge in [0.2, 0.25) is 6.33 Å². The summed E-state index contributed by atoms with van der Waals surface area (Å²) in [5, 5.41) is 0. The Labute approximate surface area is 205 Å². The second-order valence-corrected chi connectivity index (χ2v) is 8.97. The van der Waals surface area contributed by atoms with Crippen molar-refractivity contribution in [1.82, 2.24) is 4.57 Å². The molecule has 0 aliphatic heterocycles. The Kier molecular flexibility index (Phi) is 11.2. The van der Waals surface area contributed by atoms with Gasteiger partial charge in [0.1, 0.15) is 12.4 Å². The summed E-state index contributed by atoms with van der Waals surface area (Å²) in [4.78, 5) is 0. The summed E-state index contributed by atoms with van der Waals surface area (Å²) < 4.78 is 174. The highest BCUT2D eigenvalue weighted by molar-refractivity contribution is 5.10. The summed E-state index contributed by atoms with van der Waals surface area (Å²) in [6.07, 6.45) is 2.16. The number of aromatic nitrogens is 2. The highest BCUT2D eigenvalue weighted by Crippen LogP contribution is 2.60. The largest absolute Gasteiger partial charge is 0.460 e. The molecule has 0 bridgehead atoms. The highest BCUT2D eigenvalue weighted by Gasteiger charge is 2.90. The Hall–Kier alpha value is -1.70. The molecule has 0 unspecified atom stereocenters. The van der Waals surface area contributed by atoms with Crippen LogP contribution in [0, 0.1) is 0 Å². The number of aryl methyl sites for hydroxylation is 2. The zero-order valence-electron chi connectivity index (χ0n) is 20.0. The van der Waals surface area contributed by atoms with Crippen LogP contribution in [0.15, 0.2) is 18.7 Å². The molecular weight excluding hydrogens is 539 g/mol. The lowest BCUT2D eigenvalue weighted by Gasteiger charge is -2.39. The van der Waals surface area contributed by atoms with Crippen LogP contribution in [-0.4, -0.2) is 40.4 Å². The summed E-state index contributed by atoms with van der Waals surface area (Å²) in [6, 6.07) is 0. The molecule has 1 aromatic rings. The normalized spacial score (nSPS) is 14.4. The average Bonchev–Trinajstić information content (AvgIpc) is 3.21. The molecule has 0 saturated carbocycles. The summed E-state index contributed by atoms with van der Waals surface area (Å²) >= 11 is 0. The van der Waals surface area contributed by atoms with Gasteiger partial charge in [-0.25, -0.2) is 9.13 Å². The van der Waals surface area contributed by atoms with Crippen LogP contribution in [0.25, 0.3) is 0 Å². The molecular formula is C22H30F13N2+. The topological polar surface area (TPSA) is 8.81 Å². The van der Waals surface area contributed by atoms with Gasteiger partial charge in [-0.15, -0.1) is 0 Å². The van der Waals surface area contributed by atoms with Crippen LogP contribution < -0.4 is 4.57 Å². The monoisotopic (exact) mass is 569 g/mol. The Bertz CT molecular complexity index is 816. The van der Waals surface area contributed by atoms with Crippen molar-refractivity contribution in [3.63, 3.8) is 0 Å². The predicted octanol–water partition coefficient (Wildman–Crippen LogP) is 8.44. The van der Waals surface area contributed by atoms with Crippen molar-refractivity contribution in [2.75, 3.05) is 0 Å². The molecule has 1 rings (SSSR count). The van der Waals surface area contributed by atoms with Crippen LogP contribution in [-0.2, 0) is 13.1 Å². The van der Waals surface area contributed by atoms with Crippen molar-refractivity contribution in [1.29, 1.82) is 0 Å². The van der Waals surface area contributed by atoms with Crippen molar-refractivity contribution >= 4 is 0 Å². The van der Waals surface area contributed by atoms with E-state index in [1.54, 1.807) is 4.57 Å². The van der Waals surface area contributed by atoms with E-state index in [4.69, 9.17) is 0 Å². The van der Waals surface area contributed by atoms with Crippen molar-refractivity contribution in [3.05, 3.63) is 18.7 Å². The molecule has 0 atom stereocenters. The van der Waals surface area contributed by atoms with E-state index in [1.165, 1.54) is 36.1 Å². The lowest BCUT2D eigenvalue weighted by atomic mass is 9.92. The smallest absolute Gasteiger partial charge is 0.237 e. The van der Waals surface area contributed by atoms with Gasteiger partial charge in [0.05, 0.1) is 13.1 Å². The molecule has 0 aliphatic carbocycles. The van der Waals surface area contributed by atoms with Gasteiger partial charge in [-0.05, 0) is 19.3 Å². The molecule has 0 N–H and O–H groups in total. The Balaban J connectivity index is 2.68. The molecule has 2 nitrogen and oxygen atoms in total. The lowest BCUT2D eigenvalue weighted by Crippen LogP contribution is -2.70. The highest BCUT2D eigenvalue weighted by atomic mass is 19.4. The molecule has 0 spiro atoms. The van der Waals surface area contributed by atoms with E-state index in [-0.39, 0.29) is 0 Å². The van der Waals surface area contributed by atoms with Gasteiger partial charge in [0.15, 0.2) is 0 Å². The maximum absolute atomic E-state index is 13.9. The molecule has 0 aliphatic rings. The zero-order chi connectivity index (χ0) is 28.8. The Morgan fingerprint density at radius 3 is 1.59 bits per heavy atom. The van der Waals surface area contributed by atoms with Gasteiger partial charge in [-0.2, -0.15) is 57.1 Å². The standard InChI is InChI=1S/C22H30F13N2/c1-2-3-4-5-6-7-8-9-12-36-14-15-37(16-36)13-10-11-17(23,24)18(25,26)19(27,28)20(29,30)21(31,32)22(33,34)35/h14-16H,2-13H2,1H3/q+1. The van der Waals surface area contributed by atoms with E-state index >= 15 is 0 Å². The minimum absolute atomic E-state index is 0.462. The first kappa shape index (κ1) is 33.3. The molecule has 0 saturated heterocycles. The van der Waals surface area contributed by atoms with Crippen molar-refractivity contribution in [2.45, 2.75) is 120 Å². The van der Waals surface area contributed by atoms with Crippen LogP contribution in [0.4, 0.5) is 57.1 Å². The molecule has 1 heterocycles. The fraction of sp³-hybridized carbons (Fsp3) is 0.864. The first-order valence-electron chi connectivity index (χ1n) is 11.8. The SMILES string of the molecule is CCCCCCCCCCn1cc[n+](CCCC(F)(F)C(F)(F)C(F)(F)C(F)(F)C(F)(F)C(F)(F)F)c1. The van der Waals surface area contributed by atoms with Crippen LogP contribution in [0.2, 0.25) is 0 Å². The second kappa shape index (κ2) is 12.4. The number of nitrogens with zero attached hydrogens (tertiary/aromatic N) is 2. The van der Waals surface area contributed by atoms with Crippen LogP contribution in [0.3, 0.4) is 0 Å². The minimum Gasteiger partial charge on any atom is -0.237 e. The fourth-order valence-electron chi connectivity index (χ4n) is 3.57. The van der Waals surface area contributed by atoms with Crippen molar-refractivity contribution in [2.24, 2.45) is 0 Å². The number of halogens is 13. The van der Waals surface area contributed by atoms with Crippen LogP contribution in [0.1, 0.15) is 71.1 Å². The molecule has 218 valence electrons. The van der Waals surface area contributed by atoms with Gasteiger partial charge in [0.25, 0.3) is 0 Å². The number of rotatable bonds is 17. The maximum Gasteiger partial charge on any atom is 0.460 e. The lowest BCUT2D eigenvalue weighted by molar-refractivity contribution is -0.697. The molecule has 0 fully saturated rings. The fourth-order valence-corrected chi connectivity index (χ4v) is 3.57. The van der Waals surface area contributed by atoms with E-state index in [0.717, 1.165) is 38.5 Å². The second-order valence-electron chi connectivity index (χ2n) is 8.97. The summed E-state index contributed by atoms with van der Waals surface area (Å²) in [6.45, 7) is 2.19. The van der Waals surface area contributed by atoms with Crippen molar-refractivity contribution < 1.29 is 61.6 Å². The Morgan fingerprint density at radius 2 is 1.08 bits per heavy atom. The van der Waals surface area contributed by atoms with E-state index in [0.29, 0.717) is 6.54 Å². The van der Waals surface area contributed by atoms with Gasteiger partial charge < -0.3 is 0 Å². The molecule has 15 heteroatoms. The van der Waals surface area contributed by atoms with E-state index in [9.17, 15) is 57.1 Å². The third kappa shape index (κ3) is 7.45. The molecule has 37 heavy (non-hydrogen) atoms. The predicted molar refractivity (Wildman–Crippen MR) is 107 cm³/mol. The zero-order valence-corrected chi connectivity index (χ0v) is 20.0. The molecule has 0 radical (unpaired) electrons. The Morgan fingerprint density at radius 1 is 0.595 bits per heavy atom. The summed E-state index contributed by atoms with van der Waals surface area (Å²) in [5.74, 6) is -36.5. The van der Waals surface area contributed by atoms with E-state index < -0.39 is 55.2 Å².